The fraction of sp³-hybridized carbons (Fsp3) is 0.250. The molecule has 108 valence electrons. The van der Waals surface area contributed by atoms with Crippen molar-refractivity contribution in [2.75, 3.05) is 11.9 Å². The van der Waals surface area contributed by atoms with Crippen molar-refractivity contribution in [1.82, 2.24) is 4.98 Å². The molecular weight excluding hydrogens is 300 g/mol. The van der Waals surface area contributed by atoms with E-state index in [-0.39, 0.29) is 5.91 Å². The Hall–Kier alpha value is -1.72. The van der Waals surface area contributed by atoms with Crippen LogP contribution in [0.15, 0.2) is 41.8 Å². The lowest BCUT2D eigenvalue weighted by atomic mass is 10.2. The molecule has 0 aliphatic carbocycles. The van der Waals surface area contributed by atoms with Crippen LogP contribution in [-0.4, -0.2) is 17.9 Å². The second kappa shape index (κ2) is 6.37. The number of aryl methyl sites for hydroxylation is 1. The highest BCUT2D eigenvalue weighted by molar-refractivity contribution is 7.22. The molecule has 0 aliphatic heterocycles. The molecule has 0 unspecified atom stereocenters. The number of thiophene rings is 1. The standard InChI is InChI=1S/C16H16N2OS2/c1-18(15(19)10-4-6-12-7-5-11-20-12)16-17-13-8-2-3-9-14(13)21-16/h2-3,5,7-9,11H,4,6,10H2,1H3. The molecule has 2 aromatic heterocycles. The summed E-state index contributed by atoms with van der Waals surface area (Å²) in [6.45, 7) is 0. The highest BCUT2D eigenvalue weighted by Gasteiger charge is 2.14. The predicted molar refractivity (Wildman–Crippen MR) is 90.3 cm³/mol. The highest BCUT2D eigenvalue weighted by Crippen LogP contribution is 2.28. The monoisotopic (exact) mass is 316 g/mol. The Kier molecular flexibility index (Phi) is 4.31. The van der Waals surface area contributed by atoms with E-state index in [1.54, 1.807) is 27.6 Å². The summed E-state index contributed by atoms with van der Waals surface area (Å²) in [6.07, 6.45) is 2.41. The number of rotatable bonds is 5. The van der Waals surface area contributed by atoms with Crippen LogP contribution in [0.2, 0.25) is 0 Å². The third kappa shape index (κ3) is 3.31. The molecule has 1 amide bonds. The Labute approximate surface area is 131 Å². The van der Waals surface area contributed by atoms with Crippen LogP contribution < -0.4 is 4.90 Å². The lowest BCUT2D eigenvalue weighted by Crippen LogP contribution is -2.25. The number of fused-ring (bicyclic) bond motifs is 1. The van der Waals surface area contributed by atoms with Gasteiger partial charge >= 0.3 is 0 Å². The third-order valence-electron chi connectivity index (χ3n) is 3.34. The SMILES string of the molecule is CN(C(=O)CCCc1cccs1)c1nc2ccccc2s1. The Bertz CT molecular complexity index is 701. The smallest absolute Gasteiger partial charge is 0.228 e. The van der Waals surface area contributed by atoms with Gasteiger partial charge in [-0.2, -0.15) is 0 Å². The van der Waals surface area contributed by atoms with Crippen LogP contribution in [0.25, 0.3) is 10.2 Å². The van der Waals surface area contributed by atoms with Crippen LogP contribution in [0.3, 0.4) is 0 Å². The van der Waals surface area contributed by atoms with E-state index in [4.69, 9.17) is 0 Å². The van der Waals surface area contributed by atoms with Crippen molar-refractivity contribution in [3.05, 3.63) is 46.7 Å². The van der Waals surface area contributed by atoms with E-state index in [0.717, 1.165) is 28.2 Å². The van der Waals surface area contributed by atoms with Crippen molar-refractivity contribution in [2.45, 2.75) is 19.3 Å². The van der Waals surface area contributed by atoms with Gasteiger partial charge in [-0.25, -0.2) is 4.98 Å². The molecule has 0 saturated carbocycles. The molecule has 2 heterocycles. The molecule has 0 fully saturated rings. The molecule has 3 aromatic rings. The van der Waals surface area contributed by atoms with Crippen molar-refractivity contribution in [3.8, 4) is 0 Å². The van der Waals surface area contributed by atoms with Crippen LogP contribution in [0, 0.1) is 0 Å². The average Bonchev–Trinajstić information content (AvgIpc) is 3.15. The van der Waals surface area contributed by atoms with Crippen LogP contribution in [0.5, 0.6) is 0 Å². The maximum Gasteiger partial charge on any atom is 0.228 e. The lowest BCUT2D eigenvalue weighted by molar-refractivity contribution is -0.118. The molecular formula is C16H16N2OS2. The van der Waals surface area contributed by atoms with Gasteiger partial charge in [-0.15, -0.1) is 11.3 Å². The minimum absolute atomic E-state index is 0.130. The van der Waals surface area contributed by atoms with Gasteiger partial charge in [-0.3, -0.25) is 9.69 Å². The van der Waals surface area contributed by atoms with Crippen molar-refractivity contribution in [1.29, 1.82) is 0 Å². The number of anilines is 1. The number of carbonyl (C=O) groups excluding carboxylic acids is 1. The van der Waals surface area contributed by atoms with Crippen molar-refractivity contribution in [2.24, 2.45) is 0 Å². The second-order valence-corrected chi connectivity index (χ2v) is 6.89. The van der Waals surface area contributed by atoms with Gasteiger partial charge in [0.2, 0.25) is 5.91 Å². The minimum Gasteiger partial charge on any atom is -0.291 e. The van der Waals surface area contributed by atoms with E-state index in [0.29, 0.717) is 6.42 Å². The molecule has 21 heavy (non-hydrogen) atoms. The lowest BCUT2D eigenvalue weighted by Gasteiger charge is -2.13. The number of benzene rings is 1. The van der Waals surface area contributed by atoms with E-state index in [1.807, 2.05) is 31.3 Å². The third-order valence-corrected chi connectivity index (χ3v) is 5.39. The van der Waals surface area contributed by atoms with Crippen LogP contribution in [-0.2, 0) is 11.2 Å². The molecule has 0 aliphatic rings. The first kappa shape index (κ1) is 14.2. The fourth-order valence-corrected chi connectivity index (χ4v) is 3.84. The molecule has 5 heteroatoms. The number of nitrogens with zero attached hydrogens (tertiary/aromatic N) is 2. The van der Waals surface area contributed by atoms with Gasteiger partial charge in [-0.1, -0.05) is 29.5 Å². The van der Waals surface area contributed by atoms with E-state index < -0.39 is 0 Å². The summed E-state index contributed by atoms with van der Waals surface area (Å²) in [5.74, 6) is 0.130. The van der Waals surface area contributed by atoms with Crippen molar-refractivity contribution < 1.29 is 4.79 Å². The number of hydrogen-bond acceptors (Lipinski definition) is 4. The molecule has 3 nitrogen and oxygen atoms in total. The number of thiazole rings is 1. The Morgan fingerprint density at radius 3 is 2.86 bits per heavy atom. The van der Waals surface area contributed by atoms with Gasteiger partial charge in [-0.05, 0) is 36.4 Å². The van der Waals surface area contributed by atoms with Gasteiger partial charge in [0.25, 0.3) is 0 Å². The summed E-state index contributed by atoms with van der Waals surface area (Å²) in [5, 5.41) is 2.85. The average molecular weight is 316 g/mol. The zero-order valence-electron chi connectivity index (χ0n) is 11.8. The highest BCUT2D eigenvalue weighted by atomic mass is 32.1. The van der Waals surface area contributed by atoms with Gasteiger partial charge in [0, 0.05) is 18.3 Å². The maximum absolute atomic E-state index is 12.2. The molecule has 3 rings (SSSR count). The summed E-state index contributed by atoms with van der Waals surface area (Å²) in [7, 11) is 1.81. The summed E-state index contributed by atoms with van der Waals surface area (Å²) < 4.78 is 1.12. The first-order chi connectivity index (χ1) is 10.2. The molecule has 0 spiro atoms. The summed E-state index contributed by atoms with van der Waals surface area (Å²) in [4.78, 5) is 19.8. The zero-order valence-corrected chi connectivity index (χ0v) is 13.4. The van der Waals surface area contributed by atoms with Crippen LogP contribution >= 0.6 is 22.7 Å². The maximum atomic E-state index is 12.2. The van der Waals surface area contributed by atoms with E-state index in [2.05, 4.69) is 22.5 Å². The molecule has 0 radical (unpaired) electrons. The summed E-state index contributed by atoms with van der Waals surface area (Å²) >= 11 is 3.31. The zero-order chi connectivity index (χ0) is 14.7. The van der Waals surface area contributed by atoms with Gasteiger partial charge in [0.15, 0.2) is 5.13 Å². The number of amides is 1. The number of carbonyl (C=O) groups is 1. The topological polar surface area (TPSA) is 33.2 Å². The van der Waals surface area contributed by atoms with Crippen LogP contribution in [0.4, 0.5) is 5.13 Å². The minimum atomic E-state index is 0.130. The fourth-order valence-electron chi connectivity index (χ4n) is 2.15. The van der Waals surface area contributed by atoms with Gasteiger partial charge < -0.3 is 0 Å². The summed E-state index contributed by atoms with van der Waals surface area (Å²) in [6, 6.07) is 12.1. The molecule has 0 atom stereocenters. The normalized spacial score (nSPS) is 10.9. The molecule has 0 N–H and O–H groups in total. The first-order valence-corrected chi connectivity index (χ1v) is 8.58. The van der Waals surface area contributed by atoms with Crippen molar-refractivity contribution in [3.63, 3.8) is 0 Å². The largest absolute Gasteiger partial charge is 0.291 e. The molecule has 1 aromatic carbocycles. The molecule has 0 bridgehead atoms. The Balaban J connectivity index is 1.61. The predicted octanol–water partition coefficient (Wildman–Crippen LogP) is 4.34. The van der Waals surface area contributed by atoms with Crippen LogP contribution in [0.1, 0.15) is 17.7 Å². The summed E-state index contributed by atoms with van der Waals surface area (Å²) in [5.41, 5.74) is 0.954. The Morgan fingerprint density at radius 2 is 2.10 bits per heavy atom. The van der Waals surface area contributed by atoms with Gasteiger partial charge in [0.1, 0.15) is 0 Å². The number of aromatic nitrogens is 1. The quantitative estimate of drug-likeness (QED) is 0.701. The van der Waals surface area contributed by atoms with E-state index >= 15 is 0 Å². The first-order valence-electron chi connectivity index (χ1n) is 6.88. The van der Waals surface area contributed by atoms with Gasteiger partial charge in [0.05, 0.1) is 10.2 Å². The second-order valence-electron chi connectivity index (χ2n) is 4.85. The number of para-hydroxylation sites is 1. The van der Waals surface area contributed by atoms with E-state index in [9.17, 15) is 4.79 Å². The Morgan fingerprint density at radius 1 is 1.24 bits per heavy atom. The molecule has 0 saturated heterocycles. The number of hydrogen-bond donors (Lipinski definition) is 0. The van der Waals surface area contributed by atoms with Crippen molar-refractivity contribution >= 4 is 43.9 Å². The van der Waals surface area contributed by atoms with E-state index in [1.165, 1.54) is 4.88 Å².